The van der Waals surface area contributed by atoms with Crippen LogP contribution in [0.5, 0.6) is 0 Å². The van der Waals surface area contributed by atoms with Crippen LogP contribution in [0, 0.1) is 0 Å². The van der Waals surface area contributed by atoms with Gasteiger partial charge in [-0.25, -0.2) is 0 Å². The highest BCUT2D eigenvalue weighted by atomic mass is 32.2. The average Bonchev–Trinajstić information content (AvgIpc) is 2.25. The molecule has 1 unspecified atom stereocenters. The van der Waals surface area contributed by atoms with Gasteiger partial charge in [-0.15, -0.1) is 11.8 Å². The molecule has 4 heteroatoms. The van der Waals surface area contributed by atoms with Gasteiger partial charge in [-0.05, 0) is 5.56 Å². The molecule has 3 nitrogen and oxygen atoms in total. The Hall–Kier alpha value is -1.00. The number of thioether (sulfide) groups is 1. The second kappa shape index (κ2) is 6.48. The molecule has 1 aromatic rings. The first kappa shape index (κ1) is 12.1. The van der Waals surface area contributed by atoms with Gasteiger partial charge in [0.1, 0.15) is 5.25 Å². The van der Waals surface area contributed by atoms with Crippen LogP contribution in [-0.2, 0) is 15.3 Å². The summed E-state index contributed by atoms with van der Waals surface area (Å²) in [6, 6.07) is 9.80. The first-order chi connectivity index (χ1) is 7.24. The number of benzene rings is 1. The van der Waals surface area contributed by atoms with Crippen molar-refractivity contribution in [1.29, 1.82) is 0 Å². The van der Waals surface area contributed by atoms with Crippen molar-refractivity contribution in [3.63, 3.8) is 0 Å². The molecule has 0 saturated carbocycles. The van der Waals surface area contributed by atoms with E-state index in [1.807, 2.05) is 30.3 Å². The highest BCUT2D eigenvalue weighted by Crippen LogP contribution is 2.18. The fourth-order valence-corrected chi connectivity index (χ4v) is 2.07. The normalized spacial score (nSPS) is 12.3. The monoisotopic (exact) mass is 226 g/mol. The summed E-state index contributed by atoms with van der Waals surface area (Å²) in [5.41, 5.74) is 1.13. The van der Waals surface area contributed by atoms with Gasteiger partial charge in [0.25, 0.3) is 0 Å². The summed E-state index contributed by atoms with van der Waals surface area (Å²) in [7, 11) is 1.51. The Morgan fingerprint density at radius 3 is 2.67 bits per heavy atom. The van der Waals surface area contributed by atoms with Crippen molar-refractivity contribution in [3.8, 4) is 0 Å². The van der Waals surface area contributed by atoms with Gasteiger partial charge in [0.2, 0.25) is 0 Å². The number of ether oxygens (including phenoxy) is 1. The standard InChI is InChI=1S/C11H14O3S/c1-14-7-10(11(12)13)15-8-9-5-3-2-4-6-9/h2-6,10H,7-8H2,1H3,(H,12,13). The molecule has 0 bridgehead atoms. The molecule has 0 saturated heterocycles. The predicted molar refractivity (Wildman–Crippen MR) is 61.0 cm³/mol. The van der Waals surface area contributed by atoms with Crippen LogP contribution >= 0.6 is 11.8 Å². The molecular formula is C11H14O3S. The van der Waals surface area contributed by atoms with Crippen LogP contribution < -0.4 is 0 Å². The minimum atomic E-state index is -0.821. The molecule has 1 atom stereocenters. The van der Waals surface area contributed by atoms with E-state index >= 15 is 0 Å². The van der Waals surface area contributed by atoms with Gasteiger partial charge in [0, 0.05) is 12.9 Å². The second-order valence-electron chi connectivity index (χ2n) is 3.08. The van der Waals surface area contributed by atoms with Gasteiger partial charge < -0.3 is 9.84 Å². The van der Waals surface area contributed by atoms with Crippen LogP contribution in [0.3, 0.4) is 0 Å². The Morgan fingerprint density at radius 2 is 2.13 bits per heavy atom. The van der Waals surface area contributed by atoms with Crippen molar-refractivity contribution in [1.82, 2.24) is 0 Å². The number of hydrogen-bond donors (Lipinski definition) is 1. The molecule has 1 rings (SSSR count). The summed E-state index contributed by atoms with van der Waals surface area (Å²) in [5.74, 6) is -0.126. The van der Waals surface area contributed by atoms with Crippen molar-refractivity contribution in [3.05, 3.63) is 35.9 Å². The zero-order chi connectivity index (χ0) is 11.1. The maximum absolute atomic E-state index is 10.8. The number of rotatable bonds is 6. The molecule has 82 valence electrons. The van der Waals surface area contributed by atoms with Crippen LogP contribution in [0.4, 0.5) is 0 Å². The summed E-state index contributed by atoms with van der Waals surface area (Å²) >= 11 is 1.38. The van der Waals surface area contributed by atoms with Crippen molar-refractivity contribution >= 4 is 17.7 Å². The first-order valence-electron chi connectivity index (χ1n) is 4.61. The number of carboxylic acids is 1. The van der Waals surface area contributed by atoms with Crippen molar-refractivity contribution < 1.29 is 14.6 Å². The van der Waals surface area contributed by atoms with Gasteiger partial charge in [-0.3, -0.25) is 4.79 Å². The fourth-order valence-electron chi connectivity index (χ4n) is 1.11. The van der Waals surface area contributed by atoms with E-state index in [2.05, 4.69) is 0 Å². The van der Waals surface area contributed by atoms with Crippen LogP contribution in [0.2, 0.25) is 0 Å². The van der Waals surface area contributed by atoms with E-state index in [9.17, 15) is 4.79 Å². The van der Waals surface area contributed by atoms with Crippen LogP contribution in [-0.4, -0.2) is 30.0 Å². The third-order valence-corrected chi connectivity index (χ3v) is 3.13. The number of methoxy groups -OCH3 is 1. The second-order valence-corrected chi connectivity index (χ2v) is 4.27. The lowest BCUT2D eigenvalue weighted by Gasteiger charge is -2.10. The highest BCUT2D eigenvalue weighted by molar-refractivity contribution is 7.99. The number of aliphatic carboxylic acids is 1. The van der Waals surface area contributed by atoms with Gasteiger partial charge in [0.05, 0.1) is 6.61 Å². The Balaban J connectivity index is 2.43. The summed E-state index contributed by atoms with van der Waals surface area (Å²) in [6.45, 7) is 0.243. The van der Waals surface area contributed by atoms with E-state index in [1.165, 1.54) is 18.9 Å². The molecule has 0 fully saturated rings. The van der Waals surface area contributed by atoms with Crippen LogP contribution in [0.15, 0.2) is 30.3 Å². The van der Waals surface area contributed by atoms with Gasteiger partial charge in [-0.2, -0.15) is 0 Å². The zero-order valence-corrected chi connectivity index (χ0v) is 9.37. The molecular weight excluding hydrogens is 212 g/mol. The van der Waals surface area contributed by atoms with E-state index in [0.717, 1.165) is 5.56 Å². The Morgan fingerprint density at radius 1 is 1.47 bits per heavy atom. The minimum Gasteiger partial charge on any atom is -0.480 e. The molecule has 0 aliphatic rings. The fraction of sp³-hybridized carbons (Fsp3) is 0.364. The zero-order valence-electron chi connectivity index (χ0n) is 8.55. The minimum absolute atomic E-state index is 0.243. The van der Waals surface area contributed by atoms with Crippen molar-refractivity contribution in [2.24, 2.45) is 0 Å². The van der Waals surface area contributed by atoms with E-state index in [0.29, 0.717) is 5.75 Å². The molecule has 0 amide bonds. The summed E-state index contributed by atoms with van der Waals surface area (Å²) in [4.78, 5) is 10.8. The Bertz CT molecular complexity index is 300. The van der Waals surface area contributed by atoms with Gasteiger partial charge in [-0.1, -0.05) is 30.3 Å². The number of carboxylic acid groups (broad SMARTS) is 1. The summed E-state index contributed by atoms with van der Waals surface area (Å²) in [6.07, 6.45) is 0. The van der Waals surface area contributed by atoms with Crippen molar-refractivity contribution in [2.75, 3.05) is 13.7 Å². The maximum Gasteiger partial charge on any atom is 0.319 e. The van der Waals surface area contributed by atoms with Gasteiger partial charge in [0.15, 0.2) is 0 Å². The third-order valence-electron chi connectivity index (χ3n) is 1.89. The first-order valence-corrected chi connectivity index (χ1v) is 5.66. The molecule has 15 heavy (non-hydrogen) atoms. The lowest BCUT2D eigenvalue weighted by molar-refractivity contribution is -0.137. The largest absolute Gasteiger partial charge is 0.480 e. The summed E-state index contributed by atoms with van der Waals surface area (Å²) < 4.78 is 4.85. The SMILES string of the molecule is COCC(SCc1ccccc1)C(=O)O. The van der Waals surface area contributed by atoms with E-state index < -0.39 is 11.2 Å². The molecule has 0 spiro atoms. The molecule has 0 aromatic heterocycles. The van der Waals surface area contributed by atoms with E-state index in [1.54, 1.807) is 0 Å². The van der Waals surface area contributed by atoms with E-state index in [-0.39, 0.29) is 6.61 Å². The molecule has 0 aliphatic heterocycles. The lowest BCUT2D eigenvalue weighted by atomic mass is 10.2. The predicted octanol–water partition coefficient (Wildman–Crippen LogP) is 2.02. The molecule has 0 radical (unpaired) electrons. The quantitative estimate of drug-likeness (QED) is 0.806. The molecule has 1 N–H and O–H groups in total. The van der Waals surface area contributed by atoms with Crippen LogP contribution in [0.25, 0.3) is 0 Å². The lowest BCUT2D eigenvalue weighted by Crippen LogP contribution is -2.21. The third kappa shape index (κ3) is 4.36. The Kier molecular flexibility index (Phi) is 5.21. The van der Waals surface area contributed by atoms with Gasteiger partial charge >= 0.3 is 5.97 Å². The van der Waals surface area contributed by atoms with Crippen LogP contribution in [0.1, 0.15) is 5.56 Å². The molecule has 0 aliphatic carbocycles. The molecule has 0 heterocycles. The number of hydrogen-bond acceptors (Lipinski definition) is 3. The smallest absolute Gasteiger partial charge is 0.319 e. The molecule has 1 aromatic carbocycles. The summed E-state index contributed by atoms with van der Waals surface area (Å²) in [5, 5.41) is 8.39. The topological polar surface area (TPSA) is 46.5 Å². The highest BCUT2D eigenvalue weighted by Gasteiger charge is 2.17. The van der Waals surface area contributed by atoms with E-state index in [4.69, 9.17) is 9.84 Å². The Labute approximate surface area is 93.4 Å². The van der Waals surface area contributed by atoms with Crippen molar-refractivity contribution in [2.45, 2.75) is 11.0 Å². The number of carbonyl (C=O) groups is 1. The maximum atomic E-state index is 10.8. The average molecular weight is 226 g/mol.